The summed E-state index contributed by atoms with van der Waals surface area (Å²) in [5, 5.41) is 0. The van der Waals surface area contributed by atoms with Gasteiger partial charge in [0.1, 0.15) is 5.82 Å². The van der Waals surface area contributed by atoms with Crippen LogP contribution in [-0.2, 0) is 12.7 Å². The second-order valence-corrected chi connectivity index (χ2v) is 4.50. The van der Waals surface area contributed by atoms with Crippen LogP contribution in [-0.4, -0.2) is 19.0 Å². The van der Waals surface area contributed by atoms with Crippen LogP contribution in [0.15, 0.2) is 16.6 Å². The van der Waals surface area contributed by atoms with E-state index in [2.05, 4.69) is 15.9 Å². The molecular weight excluding hydrogens is 290 g/mol. The predicted molar refractivity (Wildman–Crippen MR) is 56.5 cm³/mol. The summed E-state index contributed by atoms with van der Waals surface area (Å²) < 4.78 is 51.0. The number of hydrogen-bond acceptors (Lipinski definition) is 1. The van der Waals surface area contributed by atoms with Crippen molar-refractivity contribution in [2.75, 3.05) is 14.1 Å². The van der Waals surface area contributed by atoms with Gasteiger partial charge in [-0.2, -0.15) is 13.2 Å². The zero-order valence-electron chi connectivity index (χ0n) is 8.70. The molecule has 1 nitrogen and oxygen atoms in total. The van der Waals surface area contributed by atoms with Crippen LogP contribution < -0.4 is 0 Å². The molecule has 0 fully saturated rings. The highest BCUT2D eigenvalue weighted by Crippen LogP contribution is 2.36. The summed E-state index contributed by atoms with van der Waals surface area (Å²) in [7, 11) is 3.30. The summed E-state index contributed by atoms with van der Waals surface area (Å²) in [6.45, 7) is 0.0930. The SMILES string of the molecule is CN(C)Cc1c(Br)cc(F)cc1C(F)(F)F. The summed E-state index contributed by atoms with van der Waals surface area (Å²) >= 11 is 2.95. The van der Waals surface area contributed by atoms with E-state index in [4.69, 9.17) is 0 Å². The molecule has 1 rings (SSSR count). The van der Waals surface area contributed by atoms with Crippen molar-refractivity contribution in [2.45, 2.75) is 12.7 Å². The number of alkyl halides is 3. The zero-order chi connectivity index (χ0) is 12.5. The molecule has 90 valence electrons. The van der Waals surface area contributed by atoms with Crippen molar-refractivity contribution in [3.63, 3.8) is 0 Å². The first-order chi connectivity index (χ1) is 7.21. The van der Waals surface area contributed by atoms with Gasteiger partial charge in [-0.1, -0.05) is 15.9 Å². The van der Waals surface area contributed by atoms with Crippen LogP contribution in [0.1, 0.15) is 11.1 Å². The molecule has 0 spiro atoms. The number of rotatable bonds is 2. The quantitative estimate of drug-likeness (QED) is 0.753. The fourth-order valence-corrected chi connectivity index (χ4v) is 1.89. The second kappa shape index (κ2) is 4.71. The molecule has 0 aliphatic heterocycles. The van der Waals surface area contributed by atoms with E-state index in [0.717, 1.165) is 6.07 Å². The topological polar surface area (TPSA) is 3.24 Å². The summed E-state index contributed by atoms with van der Waals surface area (Å²) in [4.78, 5) is 1.59. The number of benzene rings is 1. The Kier molecular flexibility index (Phi) is 3.96. The van der Waals surface area contributed by atoms with Crippen LogP contribution in [0.2, 0.25) is 0 Å². The summed E-state index contributed by atoms with van der Waals surface area (Å²) in [6.07, 6.45) is -4.55. The molecule has 0 saturated carbocycles. The monoisotopic (exact) mass is 299 g/mol. The van der Waals surface area contributed by atoms with Crippen molar-refractivity contribution in [1.29, 1.82) is 0 Å². The first kappa shape index (κ1) is 13.4. The highest BCUT2D eigenvalue weighted by molar-refractivity contribution is 9.10. The number of hydrogen-bond donors (Lipinski definition) is 0. The van der Waals surface area contributed by atoms with Gasteiger partial charge < -0.3 is 4.90 Å². The average molecular weight is 300 g/mol. The molecule has 0 aliphatic rings. The molecule has 0 N–H and O–H groups in total. The summed E-state index contributed by atoms with van der Waals surface area (Å²) in [5.74, 6) is -0.901. The molecular formula is C10H10BrF4N. The van der Waals surface area contributed by atoms with Gasteiger partial charge in [-0.3, -0.25) is 0 Å². The van der Waals surface area contributed by atoms with Gasteiger partial charge >= 0.3 is 6.18 Å². The van der Waals surface area contributed by atoms with Gasteiger partial charge in [0.25, 0.3) is 0 Å². The van der Waals surface area contributed by atoms with Crippen molar-refractivity contribution < 1.29 is 17.6 Å². The van der Waals surface area contributed by atoms with Crippen molar-refractivity contribution in [3.05, 3.63) is 33.5 Å². The lowest BCUT2D eigenvalue weighted by Gasteiger charge is -2.17. The van der Waals surface area contributed by atoms with Crippen molar-refractivity contribution in [3.8, 4) is 0 Å². The van der Waals surface area contributed by atoms with E-state index in [-0.39, 0.29) is 16.6 Å². The maximum absolute atomic E-state index is 12.9. The van der Waals surface area contributed by atoms with E-state index in [0.29, 0.717) is 6.07 Å². The third-order valence-electron chi connectivity index (χ3n) is 1.94. The Morgan fingerprint density at radius 3 is 2.25 bits per heavy atom. The van der Waals surface area contributed by atoms with Gasteiger partial charge in [-0.05, 0) is 31.8 Å². The smallest absolute Gasteiger partial charge is 0.305 e. The van der Waals surface area contributed by atoms with Gasteiger partial charge in [0, 0.05) is 11.0 Å². The maximum Gasteiger partial charge on any atom is 0.416 e. The van der Waals surface area contributed by atoms with Crippen LogP contribution in [0.5, 0.6) is 0 Å². The lowest BCUT2D eigenvalue weighted by atomic mass is 10.1. The van der Waals surface area contributed by atoms with Gasteiger partial charge in [0.05, 0.1) is 5.56 Å². The Labute approximate surface area is 99.2 Å². The average Bonchev–Trinajstić information content (AvgIpc) is 2.06. The predicted octanol–water partition coefficient (Wildman–Crippen LogP) is 3.67. The third kappa shape index (κ3) is 3.18. The maximum atomic E-state index is 12.9. The van der Waals surface area contributed by atoms with Crippen LogP contribution >= 0.6 is 15.9 Å². The highest BCUT2D eigenvalue weighted by atomic mass is 79.9. The molecule has 1 aromatic carbocycles. The lowest BCUT2D eigenvalue weighted by Crippen LogP contribution is -2.17. The highest BCUT2D eigenvalue weighted by Gasteiger charge is 2.34. The van der Waals surface area contributed by atoms with E-state index in [9.17, 15) is 17.6 Å². The summed E-state index contributed by atoms with van der Waals surface area (Å²) in [6, 6.07) is 1.55. The number of nitrogens with zero attached hydrogens (tertiary/aromatic N) is 1. The van der Waals surface area contributed by atoms with Crippen molar-refractivity contribution >= 4 is 15.9 Å². The summed E-state index contributed by atoms with van der Waals surface area (Å²) in [5.41, 5.74) is -0.896. The molecule has 0 unspecified atom stereocenters. The minimum atomic E-state index is -4.55. The molecule has 0 aromatic heterocycles. The van der Waals surface area contributed by atoms with Gasteiger partial charge in [0.15, 0.2) is 0 Å². The van der Waals surface area contributed by atoms with Gasteiger partial charge in [-0.15, -0.1) is 0 Å². The normalized spacial score (nSPS) is 12.2. The van der Waals surface area contributed by atoms with E-state index in [1.807, 2.05) is 0 Å². The molecule has 0 bridgehead atoms. The van der Waals surface area contributed by atoms with Gasteiger partial charge in [-0.25, -0.2) is 4.39 Å². The van der Waals surface area contributed by atoms with Crippen LogP contribution in [0.25, 0.3) is 0 Å². The molecule has 0 amide bonds. The van der Waals surface area contributed by atoms with E-state index in [1.54, 1.807) is 19.0 Å². The fraction of sp³-hybridized carbons (Fsp3) is 0.400. The molecule has 6 heteroatoms. The number of halogens is 5. The Balaban J connectivity index is 3.33. The zero-order valence-corrected chi connectivity index (χ0v) is 10.3. The molecule has 16 heavy (non-hydrogen) atoms. The standard InChI is InChI=1S/C10H10BrF4N/c1-16(2)5-7-8(10(13,14)15)3-6(12)4-9(7)11/h3-4H,5H2,1-2H3. The van der Waals surface area contributed by atoms with E-state index >= 15 is 0 Å². The largest absolute Gasteiger partial charge is 0.416 e. The van der Waals surface area contributed by atoms with Crippen molar-refractivity contribution in [1.82, 2.24) is 4.90 Å². The van der Waals surface area contributed by atoms with Crippen LogP contribution in [0.4, 0.5) is 17.6 Å². The Hall–Kier alpha value is -0.620. The Bertz CT molecular complexity index is 387. The Morgan fingerprint density at radius 2 is 1.81 bits per heavy atom. The van der Waals surface area contributed by atoms with Crippen LogP contribution in [0, 0.1) is 5.82 Å². The Morgan fingerprint density at radius 1 is 1.25 bits per heavy atom. The molecule has 0 atom stereocenters. The fourth-order valence-electron chi connectivity index (χ4n) is 1.33. The van der Waals surface area contributed by atoms with Gasteiger partial charge in [0.2, 0.25) is 0 Å². The van der Waals surface area contributed by atoms with Crippen molar-refractivity contribution in [2.24, 2.45) is 0 Å². The lowest BCUT2D eigenvalue weighted by molar-refractivity contribution is -0.138. The molecule has 0 radical (unpaired) electrons. The molecule has 1 aromatic rings. The van der Waals surface area contributed by atoms with Crippen LogP contribution in [0.3, 0.4) is 0 Å². The molecule has 0 saturated heterocycles. The minimum absolute atomic E-state index is 0.0406. The minimum Gasteiger partial charge on any atom is -0.305 e. The first-order valence-electron chi connectivity index (χ1n) is 4.41. The molecule has 0 aliphatic carbocycles. The first-order valence-corrected chi connectivity index (χ1v) is 5.21. The van der Waals surface area contributed by atoms with E-state index < -0.39 is 17.6 Å². The second-order valence-electron chi connectivity index (χ2n) is 3.65. The van der Waals surface area contributed by atoms with E-state index in [1.165, 1.54) is 0 Å². The third-order valence-corrected chi connectivity index (χ3v) is 2.65. The molecule has 0 heterocycles.